The Labute approximate surface area is 237 Å². The summed E-state index contributed by atoms with van der Waals surface area (Å²) in [7, 11) is 0. The summed E-state index contributed by atoms with van der Waals surface area (Å²) in [4.78, 5) is 0. The molecule has 0 heterocycles. The van der Waals surface area contributed by atoms with Crippen molar-refractivity contribution in [3.63, 3.8) is 0 Å². The predicted molar refractivity (Wildman–Crippen MR) is 156 cm³/mol. The number of benzene rings is 3. The average Bonchev–Trinajstić information content (AvgIpc) is 2.99. The fourth-order valence-electron chi connectivity index (χ4n) is 6.60. The number of rotatable bonds is 11. The molecule has 40 heavy (non-hydrogen) atoms. The first-order valence-corrected chi connectivity index (χ1v) is 15.1. The molecule has 4 atom stereocenters. The van der Waals surface area contributed by atoms with E-state index in [2.05, 4.69) is 55.5 Å². The van der Waals surface area contributed by atoms with Crippen LogP contribution in [0.1, 0.15) is 64.4 Å². The number of hydrogen-bond donors (Lipinski definition) is 0. The molecule has 2 saturated carbocycles. The molecule has 3 aromatic carbocycles. The third-order valence-corrected chi connectivity index (χ3v) is 8.78. The van der Waals surface area contributed by atoms with E-state index in [0.717, 1.165) is 37.5 Å². The molecule has 0 saturated heterocycles. The van der Waals surface area contributed by atoms with Crippen LogP contribution in [0.4, 0.5) is 8.78 Å². The number of halogens is 2. The molecule has 3 aromatic rings. The molecule has 0 N–H and O–H groups in total. The summed E-state index contributed by atoms with van der Waals surface area (Å²) in [5, 5.41) is 0. The highest BCUT2D eigenvalue weighted by molar-refractivity contribution is 5.64. The maximum atomic E-state index is 14.4. The fourth-order valence-corrected chi connectivity index (χ4v) is 6.60. The molecular formula is C35H42F2O3. The zero-order valence-corrected chi connectivity index (χ0v) is 23.8. The van der Waals surface area contributed by atoms with Crippen LogP contribution in [0.5, 0.6) is 17.2 Å². The van der Waals surface area contributed by atoms with E-state index in [-0.39, 0.29) is 18.1 Å². The number of aryl methyl sites for hydroxylation is 1. The summed E-state index contributed by atoms with van der Waals surface area (Å²) < 4.78 is 45.7. The van der Waals surface area contributed by atoms with E-state index < -0.39 is 11.6 Å². The summed E-state index contributed by atoms with van der Waals surface area (Å²) in [5.41, 5.74) is 3.84. The molecule has 0 aliphatic heterocycles. The van der Waals surface area contributed by atoms with Gasteiger partial charge in [-0.3, -0.25) is 0 Å². The van der Waals surface area contributed by atoms with Gasteiger partial charge in [-0.05, 0) is 116 Å². The van der Waals surface area contributed by atoms with Gasteiger partial charge in [0.15, 0.2) is 11.5 Å². The van der Waals surface area contributed by atoms with Gasteiger partial charge in [0.1, 0.15) is 5.75 Å². The molecular weight excluding hydrogens is 506 g/mol. The SMILES string of the molecule is CCCc1ccc(-c2ccc(OCC3CCC4CC(COc5ccc(OCC)c(F)c5F)CCC4C3)cc2)cc1. The van der Waals surface area contributed by atoms with E-state index in [1.54, 1.807) is 6.92 Å². The summed E-state index contributed by atoms with van der Waals surface area (Å²) in [5.74, 6) is 1.27. The van der Waals surface area contributed by atoms with Crippen molar-refractivity contribution in [1.82, 2.24) is 0 Å². The van der Waals surface area contributed by atoms with Gasteiger partial charge in [0.05, 0.1) is 19.8 Å². The van der Waals surface area contributed by atoms with Crippen LogP contribution in [0.15, 0.2) is 60.7 Å². The van der Waals surface area contributed by atoms with Crippen molar-refractivity contribution in [2.75, 3.05) is 19.8 Å². The predicted octanol–water partition coefficient (Wildman–Crippen LogP) is 9.27. The Kier molecular flexibility index (Phi) is 9.62. The third-order valence-electron chi connectivity index (χ3n) is 8.78. The zero-order chi connectivity index (χ0) is 27.9. The van der Waals surface area contributed by atoms with Gasteiger partial charge >= 0.3 is 0 Å². The summed E-state index contributed by atoms with van der Waals surface area (Å²) in [6.07, 6.45) is 9.21. The molecule has 4 unspecified atom stereocenters. The van der Waals surface area contributed by atoms with Crippen LogP contribution in [0.3, 0.4) is 0 Å². The largest absolute Gasteiger partial charge is 0.493 e. The maximum Gasteiger partial charge on any atom is 0.204 e. The standard InChI is InChI=1S/C35H42F2O3/c1-3-5-24-6-10-27(11-7-24)28-14-16-31(17-15-28)39-22-25-8-12-30-21-26(9-13-29(30)20-25)23-40-33-19-18-32(38-4-2)34(36)35(33)37/h6-7,10-11,14-19,25-26,29-30H,3-5,8-9,12-13,20-23H2,1-2H3. The van der Waals surface area contributed by atoms with Crippen molar-refractivity contribution in [2.45, 2.75) is 65.2 Å². The van der Waals surface area contributed by atoms with Crippen molar-refractivity contribution in [1.29, 1.82) is 0 Å². The van der Waals surface area contributed by atoms with E-state index in [0.29, 0.717) is 24.4 Å². The minimum atomic E-state index is -0.975. The smallest absolute Gasteiger partial charge is 0.204 e. The second-order valence-corrected chi connectivity index (χ2v) is 11.6. The normalized spacial score (nSPS) is 22.4. The van der Waals surface area contributed by atoms with E-state index in [9.17, 15) is 8.78 Å². The lowest BCUT2D eigenvalue weighted by Gasteiger charge is -2.42. The topological polar surface area (TPSA) is 27.7 Å². The van der Waals surface area contributed by atoms with Gasteiger partial charge in [0.25, 0.3) is 0 Å². The quantitative estimate of drug-likeness (QED) is 0.239. The Morgan fingerprint density at radius 2 is 1.15 bits per heavy atom. The molecule has 0 amide bonds. The number of hydrogen-bond acceptors (Lipinski definition) is 3. The lowest BCUT2D eigenvalue weighted by molar-refractivity contribution is 0.0616. The van der Waals surface area contributed by atoms with Crippen molar-refractivity contribution in [3.05, 3.63) is 77.9 Å². The second-order valence-electron chi connectivity index (χ2n) is 11.6. The number of ether oxygens (including phenoxy) is 3. The van der Waals surface area contributed by atoms with Gasteiger partial charge < -0.3 is 14.2 Å². The fraction of sp³-hybridized carbons (Fsp3) is 0.486. The Balaban J connectivity index is 1.06. The van der Waals surface area contributed by atoms with E-state index >= 15 is 0 Å². The Bertz CT molecular complexity index is 1220. The molecule has 0 aromatic heterocycles. The molecule has 2 fully saturated rings. The van der Waals surface area contributed by atoms with Gasteiger partial charge in [-0.25, -0.2) is 0 Å². The van der Waals surface area contributed by atoms with Gasteiger partial charge in [-0.1, -0.05) is 49.7 Å². The van der Waals surface area contributed by atoms with E-state index in [1.165, 1.54) is 60.9 Å². The first kappa shape index (κ1) is 28.4. The zero-order valence-electron chi connectivity index (χ0n) is 23.8. The molecule has 214 valence electrons. The third kappa shape index (κ3) is 6.97. The highest BCUT2D eigenvalue weighted by atomic mass is 19.2. The second kappa shape index (κ2) is 13.5. The minimum absolute atomic E-state index is 0.0261. The minimum Gasteiger partial charge on any atom is -0.493 e. The summed E-state index contributed by atoms with van der Waals surface area (Å²) in [6.45, 7) is 5.43. The van der Waals surface area contributed by atoms with Crippen LogP contribution in [-0.4, -0.2) is 19.8 Å². The van der Waals surface area contributed by atoms with Crippen LogP contribution in [0.2, 0.25) is 0 Å². The van der Waals surface area contributed by atoms with E-state index in [1.807, 2.05) is 0 Å². The van der Waals surface area contributed by atoms with Gasteiger partial charge in [-0.15, -0.1) is 0 Å². The molecule has 2 aliphatic rings. The van der Waals surface area contributed by atoms with E-state index in [4.69, 9.17) is 14.2 Å². The van der Waals surface area contributed by atoms with Crippen LogP contribution < -0.4 is 14.2 Å². The summed E-state index contributed by atoms with van der Waals surface area (Å²) in [6, 6.07) is 20.3. The average molecular weight is 549 g/mol. The van der Waals surface area contributed by atoms with Crippen molar-refractivity contribution >= 4 is 0 Å². The Morgan fingerprint density at radius 3 is 1.70 bits per heavy atom. The monoisotopic (exact) mass is 548 g/mol. The molecule has 0 radical (unpaired) electrons. The lowest BCUT2D eigenvalue weighted by atomic mass is 9.65. The highest BCUT2D eigenvalue weighted by Gasteiger charge is 2.36. The van der Waals surface area contributed by atoms with Crippen LogP contribution in [-0.2, 0) is 6.42 Å². The van der Waals surface area contributed by atoms with Crippen LogP contribution in [0.25, 0.3) is 11.1 Å². The Hall–Kier alpha value is -3.08. The summed E-state index contributed by atoms with van der Waals surface area (Å²) >= 11 is 0. The van der Waals surface area contributed by atoms with Crippen LogP contribution >= 0.6 is 0 Å². The molecule has 5 rings (SSSR count). The molecule has 3 nitrogen and oxygen atoms in total. The molecule has 0 spiro atoms. The van der Waals surface area contributed by atoms with Gasteiger partial charge in [0.2, 0.25) is 11.6 Å². The first-order valence-electron chi connectivity index (χ1n) is 15.1. The molecule has 0 bridgehead atoms. The van der Waals surface area contributed by atoms with Crippen LogP contribution in [0, 0.1) is 35.3 Å². The van der Waals surface area contributed by atoms with Crippen molar-refractivity contribution < 1.29 is 23.0 Å². The van der Waals surface area contributed by atoms with Crippen molar-refractivity contribution in [2.24, 2.45) is 23.7 Å². The first-order chi connectivity index (χ1) is 19.5. The lowest BCUT2D eigenvalue weighted by Crippen LogP contribution is -2.34. The van der Waals surface area contributed by atoms with Gasteiger partial charge in [0, 0.05) is 0 Å². The highest BCUT2D eigenvalue weighted by Crippen LogP contribution is 2.45. The maximum absolute atomic E-state index is 14.4. The Morgan fingerprint density at radius 1 is 0.625 bits per heavy atom. The number of fused-ring (bicyclic) bond motifs is 1. The van der Waals surface area contributed by atoms with Gasteiger partial charge in [-0.2, -0.15) is 8.78 Å². The molecule has 2 aliphatic carbocycles. The molecule has 5 heteroatoms. The van der Waals surface area contributed by atoms with Crippen molar-refractivity contribution in [3.8, 4) is 28.4 Å².